The normalized spacial score (nSPS) is 10.9. The number of amides is 1. The number of carbonyl (C=O) groups excluding carboxylic acids is 1. The van der Waals surface area contributed by atoms with E-state index in [0.29, 0.717) is 11.1 Å². The summed E-state index contributed by atoms with van der Waals surface area (Å²) in [7, 11) is 0. The fourth-order valence-electron chi connectivity index (χ4n) is 2.86. The summed E-state index contributed by atoms with van der Waals surface area (Å²) in [5.74, 6) is -0.986. The van der Waals surface area contributed by atoms with Crippen LogP contribution in [0.4, 0.5) is 17.2 Å². The number of carbonyl (C=O) groups is 1. The van der Waals surface area contributed by atoms with Crippen molar-refractivity contribution in [1.82, 2.24) is 30.7 Å². The van der Waals surface area contributed by atoms with Crippen molar-refractivity contribution in [3.05, 3.63) is 80.0 Å². The molecule has 170 valence electrons. The van der Waals surface area contributed by atoms with Gasteiger partial charge in [0.15, 0.2) is 5.69 Å². The molecule has 16 nitrogen and oxygen atoms in total. The number of hydrazone groups is 1. The minimum Gasteiger partial charge on any atom is -0.378 e. The van der Waals surface area contributed by atoms with Gasteiger partial charge in [-0.1, -0.05) is 17.3 Å². The summed E-state index contributed by atoms with van der Waals surface area (Å²) >= 11 is 0. The molecule has 2 heterocycles. The molecule has 16 heteroatoms. The number of aromatic nitrogens is 5. The molecule has 0 aliphatic carbocycles. The van der Waals surface area contributed by atoms with E-state index in [2.05, 4.69) is 35.8 Å². The van der Waals surface area contributed by atoms with Crippen molar-refractivity contribution in [3.63, 3.8) is 0 Å². The van der Waals surface area contributed by atoms with Crippen LogP contribution >= 0.6 is 0 Å². The van der Waals surface area contributed by atoms with Crippen LogP contribution in [-0.4, -0.2) is 47.3 Å². The highest BCUT2D eigenvalue weighted by molar-refractivity contribution is 5.98. The maximum atomic E-state index is 12.8. The second-order valence-corrected chi connectivity index (χ2v) is 6.53. The van der Waals surface area contributed by atoms with Crippen molar-refractivity contribution in [1.29, 1.82) is 0 Å². The Morgan fingerprint density at radius 1 is 1.09 bits per heavy atom. The lowest BCUT2D eigenvalue weighted by atomic mass is 10.1. The second kappa shape index (κ2) is 8.91. The molecule has 0 saturated heterocycles. The predicted octanol–water partition coefficient (Wildman–Crippen LogP) is 1.48. The van der Waals surface area contributed by atoms with Gasteiger partial charge in [0.25, 0.3) is 17.3 Å². The van der Waals surface area contributed by atoms with E-state index in [0.717, 1.165) is 4.68 Å². The number of nitrogens with two attached hydrogens (primary N) is 1. The smallest absolute Gasteiger partial charge is 0.294 e. The minimum atomic E-state index is -0.795. The Kier molecular flexibility index (Phi) is 5.68. The zero-order valence-corrected chi connectivity index (χ0v) is 16.8. The monoisotopic (exact) mass is 464 g/mol. The van der Waals surface area contributed by atoms with Gasteiger partial charge >= 0.3 is 0 Å². The molecule has 0 saturated carbocycles. The Hall–Kier alpha value is -5.54. The molecule has 0 fully saturated rings. The molecule has 4 rings (SSSR count). The van der Waals surface area contributed by atoms with E-state index in [1.807, 2.05) is 0 Å². The van der Waals surface area contributed by atoms with E-state index in [-0.39, 0.29) is 34.4 Å². The summed E-state index contributed by atoms with van der Waals surface area (Å²) in [4.78, 5) is 33.5. The molecule has 1 amide bonds. The SMILES string of the molecule is Nc1nonc1-n1nnc(C(=O)N/N=C\c2cccc([N+](=O)[O-])c2)c1-c1ccc([N+](=O)[O-])cc1. The summed E-state index contributed by atoms with van der Waals surface area (Å²) in [5.41, 5.74) is 8.24. The first-order valence-corrected chi connectivity index (χ1v) is 9.22. The van der Waals surface area contributed by atoms with Gasteiger partial charge in [-0.05, 0) is 22.4 Å². The highest BCUT2D eigenvalue weighted by Crippen LogP contribution is 2.28. The molecular formula is C18H12N10O6. The van der Waals surface area contributed by atoms with E-state index in [1.54, 1.807) is 6.07 Å². The number of nitrogen functional groups attached to an aromatic ring is 1. The van der Waals surface area contributed by atoms with Crippen LogP contribution < -0.4 is 11.2 Å². The zero-order chi connectivity index (χ0) is 24.2. The van der Waals surface area contributed by atoms with E-state index >= 15 is 0 Å². The Balaban J connectivity index is 1.67. The topological polar surface area (TPSA) is 223 Å². The van der Waals surface area contributed by atoms with Crippen LogP contribution in [-0.2, 0) is 0 Å². The second-order valence-electron chi connectivity index (χ2n) is 6.53. The number of benzene rings is 2. The number of anilines is 1. The van der Waals surface area contributed by atoms with Gasteiger partial charge in [0, 0.05) is 35.4 Å². The summed E-state index contributed by atoms with van der Waals surface area (Å²) in [6, 6.07) is 10.9. The maximum Gasteiger partial charge on any atom is 0.294 e. The maximum absolute atomic E-state index is 12.8. The third kappa shape index (κ3) is 4.26. The lowest BCUT2D eigenvalue weighted by Gasteiger charge is -2.05. The molecule has 4 aromatic rings. The molecule has 0 atom stereocenters. The number of hydrogen-bond donors (Lipinski definition) is 2. The van der Waals surface area contributed by atoms with E-state index < -0.39 is 15.8 Å². The third-order valence-electron chi connectivity index (χ3n) is 4.39. The number of rotatable bonds is 7. The van der Waals surface area contributed by atoms with Gasteiger partial charge in [-0.25, -0.2) is 10.1 Å². The van der Waals surface area contributed by atoms with Crippen molar-refractivity contribution in [3.8, 4) is 17.1 Å². The summed E-state index contributed by atoms with van der Waals surface area (Å²) in [6.07, 6.45) is 1.21. The van der Waals surface area contributed by atoms with Crippen LogP contribution in [0.25, 0.3) is 17.1 Å². The average Bonchev–Trinajstić information content (AvgIpc) is 3.45. The highest BCUT2D eigenvalue weighted by atomic mass is 16.6. The van der Waals surface area contributed by atoms with Crippen molar-refractivity contribution in [2.45, 2.75) is 0 Å². The Bertz CT molecular complexity index is 1430. The van der Waals surface area contributed by atoms with Crippen molar-refractivity contribution < 1.29 is 19.3 Å². The first-order valence-electron chi connectivity index (χ1n) is 9.22. The van der Waals surface area contributed by atoms with Crippen LogP contribution in [0.5, 0.6) is 0 Å². The molecule has 2 aromatic carbocycles. The van der Waals surface area contributed by atoms with Gasteiger partial charge in [-0.2, -0.15) is 9.78 Å². The lowest BCUT2D eigenvalue weighted by Crippen LogP contribution is -2.19. The fourth-order valence-corrected chi connectivity index (χ4v) is 2.86. The van der Waals surface area contributed by atoms with Crippen LogP contribution in [0.2, 0.25) is 0 Å². The van der Waals surface area contributed by atoms with Gasteiger partial charge in [-0.3, -0.25) is 25.0 Å². The molecule has 0 aliphatic rings. The Labute approximate surface area is 187 Å². The molecule has 0 radical (unpaired) electrons. The van der Waals surface area contributed by atoms with Crippen LogP contribution in [0.1, 0.15) is 16.1 Å². The number of nitrogens with one attached hydrogen (secondary N) is 1. The van der Waals surface area contributed by atoms with Crippen LogP contribution in [0.3, 0.4) is 0 Å². The van der Waals surface area contributed by atoms with Crippen molar-refractivity contribution in [2.24, 2.45) is 5.10 Å². The molecule has 34 heavy (non-hydrogen) atoms. The van der Waals surface area contributed by atoms with Crippen LogP contribution in [0, 0.1) is 20.2 Å². The molecule has 0 unspecified atom stereocenters. The number of hydrogen-bond acceptors (Lipinski definition) is 12. The summed E-state index contributed by atoms with van der Waals surface area (Å²) < 4.78 is 5.67. The lowest BCUT2D eigenvalue weighted by molar-refractivity contribution is -0.385. The van der Waals surface area contributed by atoms with Crippen molar-refractivity contribution >= 4 is 29.3 Å². The van der Waals surface area contributed by atoms with E-state index in [9.17, 15) is 25.0 Å². The van der Waals surface area contributed by atoms with E-state index in [1.165, 1.54) is 48.7 Å². The predicted molar refractivity (Wildman–Crippen MR) is 114 cm³/mol. The first-order chi connectivity index (χ1) is 16.3. The number of nitrogens with zero attached hydrogens (tertiary/aromatic N) is 8. The van der Waals surface area contributed by atoms with Gasteiger partial charge < -0.3 is 5.73 Å². The summed E-state index contributed by atoms with van der Waals surface area (Å²) in [6.45, 7) is 0. The molecule has 0 spiro atoms. The Morgan fingerprint density at radius 3 is 2.47 bits per heavy atom. The number of non-ortho nitro benzene ring substituents is 2. The van der Waals surface area contributed by atoms with Gasteiger partial charge in [0.1, 0.15) is 5.69 Å². The Morgan fingerprint density at radius 2 is 1.82 bits per heavy atom. The van der Waals surface area contributed by atoms with Gasteiger partial charge in [0.2, 0.25) is 11.6 Å². The molecular weight excluding hydrogens is 452 g/mol. The first kappa shape index (κ1) is 21.7. The number of nitro groups is 2. The van der Waals surface area contributed by atoms with Gasteiger partial charge in [-0.15, -0.1) is 5.10 Å². The fraction of sp³-hybridized carbons (Fsp3) is 0. The minimum absolute atomic E-state index is 0.0556. The third-order valence-corrected chi connectivity index (χ3v) is 4.39. The summed E-state index contributed by atoms with van der Waals surface area (Å²) in [5, 5.41) is 40.5. The largest absolute Gasteiger partial charge is 0.378 e. The molecule has 2 aromatic heterocycles. The molecule has 3 N–H and O–H groups in total. The van der Waals surface area contributed by atoms with Gasteiger partial charge in [0.05, 0.1) is 16.1 Å². The average molecular weight is 464 g/mol. The molecule has 0 aliphatic heterocycles. The number of nitro benzene ring substituents is 2. The quantitative estimate of drug-likeness (QED) is 0.226. The highest BCUT2D eigenvalue weighted by Gasteiger charge is 2.25. The standard InChI is InChI=1S/C18H12N10O6/c19-16-17(24-34-23-16)26-15(11-4-6-12(7-5-11)27(30)31)14(21-25-26)18(29)22-20-9-10-2-1-3-13(8-10)28(32)33/h1-9H,(H2,19,23)(H,22,29)/b20-9-. The van der Waals surface area contributed by atoms with E-state index in [4.69, 9.17) is 5.73 Å². The molecule has 0 bridgehead atoms. The van der Waals surface area contributed by atoms with Crippen molar-refractivity contribution in [2.75, 3.05) is 5.73 Å². The zero-order valence-electron chi connectivity index (χ0n) is 16.8. The van der Waals surface area contributed by atoms with Crippen LogP contribution in [0.15, 0.2) is 58.3 Å².